The van der Waals surface area contributed by atoms with Crippen molar-refractivity contribution in [3.05, 3.63) is 144 Å². The molecule has 4 aromatic rings. The molecule has 0 spiro atoms. The molecule has 4 aliphatic heterocycles. The van der Waals surface area contributed by atoms with Gasteiger partial charge >= 0.3 is 35.5 Å². The molecule has 73 heavy (non-hydrogen) atoms. The Hall–Kier alpha value is -3.90. The lowest BCUT2D eigenvalue weighted by Gasteiger charge is -2.36. The molecule has 3 N–H and O–H groups in total. The van der Waals surface area contributed by atoms with Crippen LogP contribution in [-0.4, -0.2) is 145 Å². The van der Waals surface area contributed by atoms with E-state index >= 15 is 0 Å². The van der Waals surface area contributed by atoms with Crippen LogP contribution in [-0.2, 0) is 72.7 Å². The Labute approximate surface area is 440 Å². The van der Waals surface area contributed by atoms with Gasteiger partial charge in [-0.05, 0) is 95.1 Å². The molecule has 23 heteroatoms. The van der Waals surface area contributed by atoms with E-state index in [1.54, 1.807) is 14.2 Å². The van der Waals surface area contributed by atoms with Gasteiger partial charge in [0.05, 0.1) is 13.4 Å². The summed E-state index contributed by atoms with van der Waals surface area (Å²) in [6, 6.07) is 41.9. The van der Waals surface area contributed by atoms with Gasteiger partial charge in [-0.1, -0.05) is 136 Å². The van der Waals surface area contributed by atoms with Crippen LogP contribution in [0.15, 0.2) is 121 Å². The van der Waals surface area contributed by atoms with E-state index in [1.165, 1.54) is 52.4 Å². The quantitative estimate of drug-likeness (QED) is 0.0569. The molecule has 2 atom stereocenters. The summed E-state index contributed by atoms with van der Waals surface area (Å²) in [6.45, 7) is 11.6. The van der Waals surface area contributed by atoms with Crippen LogP contribution in [0.3, 0.4) is 0 Å². The Kier molecular flexibility index (Phi) is 35.0. The largest absolute Gasteiger partial charge is 0.471 e. The highest BCUT2D eigenvalue weighted by Crippen LogP contribution is 2.48. The zero-order valence-corrected chi connectivity index (χ0v) is 44.4. The number of methoxy groups -OCH3 is 4. The van der Waals surface area contributed by atoms with Crippen molar-refractivity contribution in [2.24, 2.45) is 0 Å². The number of fused-ring (bicyclic) bond motifs is 1. The number of carbonyl (C=O) groups excluding carboxylic acids is 1. The molecule has 2 unspecified atom stereocenters. The third kappa shape index (κ3) is 23.3. The number of carbonyl (C=O) groups is 1. The summed E-state index contributed by atoms with van der Waals surface area (Å²) in [5.74, 6) is 0. The van der Waals surface area contributed by atoms with Crippen LogP contribution in [0.4, 0.5) is 0 Å². The number of aliphatic hydroxyl groups is 1. The van der Waals surface area contributed by atoms with E-state index in [4.69, 9.17) is 27.7 Å². The fraction of sp³-hybridized carbons (Fsp3) is 0.500. The Balaban J connectivity index is 0.000000906. The Morgan fingerprint density at radius 1 is 0.712 bits per heavy atom. The van der Waals surface area contributed by atoms with Crippen LogP contribution in [0.2, 0.25) is 34.1 Å². The molecule has 404 valence electrons. The molecule has 0 bridgehead atoms. The van der Waals surface area contributed by atoms with E-state index in [9.17, 15) is 13.5 Å². The van der Waals surface area contributed by atoms with E-state index in [1.807, 2.05) is 88.0 Å². The first-order valence-corrected chi connectivity index (χ1v) is 25.3. The van der Waals surface area contributed by atoms with Crippen molar-refractivity contribution in [1.29, 1.82) is 0 Å². The number of hydrogen-bond donors (Lipinski definition) is 3. The van der Waals surface area contributed by atoms with Crippen molar-refractivity contribution < 1.29 is 69.5 Å². The van der Waals surface area contributed by atoms with Crippen molar-refractivity contribution in [1.82, 2.24) is 10.1 Å². The highest BCUT2D eigenvalue weighted by molar-refractivity contribution is 7.85. The van der Waals surface area contributed by atoms with Gasteiger partial charge < -0.3 is 61.9 Å². The van der Waals surface area contributed by atoms with Gasteiger partial charge in [-0.15, -0.1) is 0 Å². The third-order valence-corrected chi connectivity index (χ3v) is 11.5. The number of benzene rings is 4. The Morgan fingerprint density at radius 2 is 1.08 bits per heavy atom. The Bertz CT molecular complexity index is 1970. The van der Waals surface area contributed by atoms with Gasteiger partial charge in [0.1, 0.15) is 11.2 Å². The molecule has 0 radical (unpaired) electrons. The summed E-state index contributed by atoms with van der Waals surface area (Å²) in [5, 5.41) is 14.8. The summed E-state index contributed by atoms with van der Waals surface area (Å²) < 4.78 is 74.8. The van der Waals surface area contributed by atoms with Gasteiger partial charge in [0.2, 0.25) is 0 Å². The smallest absolute Gasteiger partial charge is 0.453 e. The second-order valence-electron chi connectivity index (χ2n) is 16.4. The Morgan fingerprint density at radius 3 is 1.37 bits per heavy atom. The van der Waals surface area contributed by atoms with Gasteiger partial charge in [-0.25, -0.2) is 0 Å². The molecule has 0 saturated carbocycles. The minimum Gasteiger partial charge on any atom is -0.471 e. The molecular weight excluding hydrogens is 955 g/mol. The second kappa shape index (κ2) is 36.9. The topological polar surface area (TPSA) is 199 Å². The summed E-state index contributed by atoms with van der Waals surface area (Å²) in [4.78, 5) is 11.5. The average Bonchev–Trinajstić information content (AvgIpc) is 4.16. The van der Waals surface area contributed by atoms with E-state index < -0.39 is 22.2 Å². The van der Waals surface area contributed by atoms with Crippen molar-refractivity contribution in [2.45, 2.75) is 104 Å². The molecule has 4 fully saturated rings. The molecule has 8 rings (SSSR count). The van der Waals surface area contributed by atoms with Gasteiger partial charge in [-0.2, -0.15) is 8.42 Å². The van der Waals surface area contributed by atoms with E-state index in [2.05, 4.69) is 106 Å². The number of rotatable bonds is 11. The number of ether oxygens (including phenoxy) is 4. The van der Waals surface area contributed by atoms with Crippen molar-refractivity contribution >= 4 is 52.1 Å². The van der Waals surface area contributed by atoms with Crippen LogP contribution in [0.1, 0.15) is 62.8 Å². The number of nitrogens with zero attached hydrogens (tertiary/aromatic N) is 1. The molecule has 4 aromatic carbocycles. The van der Waals surface area contributed by atoms with Crippen molar-refractivity contribution in [3.63, 3.8) is 0 Å². The predicted octanol–water partition coefficient (Wildman–Crippen LogP) is 7.79. The average molecular weight is 1040 g/mol. The van der Waals surface area contributed by atoms with E-state index in [0.29, 0.717) is 18.8 Å². The lowest BCUT2D eigenvalue weighted by Crippen LogP contribution is -2.46. The first-order chi connectivity index (χ1) is 33.9. The second-order valence-corrected chi connectivity index (χ2v) is 17.9. The third-order valence-electron chi connectivity index (χ3n) is 11.5. The summed E-state index contributed by atoms with van der Waals surface area (Å²) in [6.07, 6.45) is 5.30. The van der Waals surface area contributed by atoms with Gasteiger partial charge in [0.25, 0.3) is 23.1 Å². The lowest BCUT2D eigenvalue weighted by molar-refractivity contribution is -0.252. The van der Waals surface area contributed by atoms with Crippen LogP contribution in [0.25, 0.3) is 0 Å². The molecule has 0 aliphatic carbocycles. The number of hydrogen-bond acceptors (Lipinski definition) is 16. The van der Waals surface area contributed by atoms with Gasteiger partial charge in [-0.3, -0.25) is 9.35 Å². The minimum atomic E-state index is -3.67. The van der Waals surface area contributed by atoms with Crippen LogP contribution < -0.4 is 5.32 Å². The summed E-state index contributed by atoms with van der Waals surface area (Å²) in [7, 11) is 5.10. The van der Waals surface area contributed by atoms with E-state index in [-0.39, 0.29) is 62.0 Å². The highest BCUT2D eigenvalue weighted by Gasteiger charge is 2.56. The van der Waals surface area contributed by atoms with E-state index in [0.717, 1.165) is 37.1 Å². The summed E-state index contributed by atoms with van der Waals surface area (Å²) >= 11 is 0. The maximum absolute atomic E-state index is 11.4. The van der Waals surface area contributed by atoms with Crippen molar-refractivity contribution in [3.8, 4) is 0 Å². The zero-order chi connectivity index (χ0) is 52.9. The molecule has 4 aliphatic rings. The number of nitrogens with one attached hydrogen (secondary N) is 1. The minimum absolute atomic E-state index is 0. The van der Waals surface area contributed by atoms with Crippen LogP contribution >= 0.6 is 0 Å². The maximum Gasteiger partial charge on any atom is 0.453 e. The molecule has 4 heterocycles. The standard InChI is InChI=1S/C18H20BNO.C17H19NO.C4H10O3.C3H9B3O3.C3H9BO2.C2H4O2.CH4O3S.2CH4/c1-19-20-14-8-13-17(20)18(21-19,15-9-4-2-5-10-15)16-11-6-3-7-12-16;19-17(16-12-7-13-18-16,14-8-3-1-4-9-14)15-10-5-2-6-11-15;1-5-4(6-2)7-3;1-4-7-5(2)9-6(3)8-4;1-4(5-2)6-3;1-4-2-3;1-5(2,3)4;;/h2-7,9-12,17H,8,13-14H2,1H3;1-6,8-11,16,18-19H,7,12-13H2;4H,1-3H3;1-3H3;1-3H3;2H,1H3;1H3,(H,2,3,4);2*1H4. The maximum atomic E-state index is 11.4. The molecular formula is C50H83B5N2O15S. The highest BCUT2D eigenvalue weighted by atomic mass is 32.2. The fourth-order valence-corrected chi connectivity index (χ4v) is 8.42. The van der Waals surface area contributed by atoms with Crippen molar-refractivity contribution in [2.75, 3.05) is 62.0 Å². The van der Waals surface area contributed by atoms with Gasteiger partial charge in [0, 0.05) is 47.6 Å². The predicted molar refractivity (Wildman–Crippen MR) is 296 cm³/mol. The van der Waals surface area contributed by atoms with Gasteiger partial charge in [0.15, 0.2) is 0 Å². The SMILES string of the molecule is C.C.CB1OB(C)OB(C)O1.CB1OC(c2ccccc2)(c2ccccc2)C2CCCN12.COB(C)OC.COC(OC)OC.COC=O.CS(=O)(=O)O.OC(c1ccccc1)(c1ccccc1)C1CCCN1. The normalized spacial score (nSPS) is 17.4. The molecule has 0 aromatic heterocycles. The lowest BCUT2D eigenvalue weighted by atomic mass is 9.74. The monoisotopic (exact) mass is 1040 g/mol. The van der Waals surface area contributed by atoms with Crippen LogP contribution in [0.5, 0.6) is 0 Å². The summed E-state index contributed by atoms with van der Waals surface area (Å²) in [5.41, 5.74) is 3.20. The van der Waals surface area contributed by atoms with Crippen LogP contribution in [0, 0.1) is 0 Å². The molecule has 4 saturated heterocycles. The first kappa shape index (κ1) is 69.1. The molecule has 17 nitrogen and oxygen atoms in total. The zero-order valence-electron chi connectivity index (χ0n) is 43.5. The molecule has 0 amide bonds. The fourth-order valence-electron chi connectivity index (χ4n) is 8.42. The first-order valence-electron chi connectivity index (χ1n) is 23.5.